The van der Waals surface area contributed by atoms with Crippen molar-refractivity contribution in [1.82, 2.24) is 14.4 Å². The van der Waals surface area contributed by atoms with Gasteiger partial charge in [-0.25, -0.2) is 0 Å². The van der Waals surface area contributed by atoms with E-state index in [2.05, 4.69) is 28.6 Å². The molecule has 28 heavy (non-hydrogen) atoms. The van der Waals surface area contributed by atoms with Gasteiger partial charge >= 0.3 is 0 Å². The number of piperazine rings is 1. The third-order valence-electron chi connectivity index (χ3n) is 5.73. The number of amides is 1. The number of carbonyl (C=O) groups excluding carboxylic acids is 1. The summed E-state index contributed by atoms with van der Waals surface area (Å²) < 4.78 is 7.65. The number of furan rings is 1. The van der Waals surface area contributed by atoms with E-state index in [0.29, 0.717) is 6.54 Å². The standard InChI is InChI=1S/C23H27N3O2/c1-17-14-21(18(2)26(17)15-20-10-7-13-28-20)23(27)25-12-11-24(3)16-22(25)19-8-5-4-6-9-19/h4-10,13-14,22H,11-12,15-16H2,1-3H3. The molecule has 1 amide bonds. The van der Waals surface area contributed by atoms with E-state index in [-0.39, 0.29) is 11.9 Å². The first-order valence-electron chi connectivity index (χ1n) is 9.78. The van der Waals surface area contributed by atoms with E-state index in [4.69, 9.17) is 4.42 Å². The smallest absolute Gasteiger partial charge is 0.256 e. The number of rotatable bonds is 4. The van der Waals surface area contributed by atoms with Crippen molar-refractivity contribution in [3.05, 3.63) is 83.1 Å². The monoisotopic (exact) mass is 377 g/mol. The molecule has 1 saturated heterocycles. The summed E-state index contributed by atoms with van der Waals surface area (Å²) in [5, 5.41) is 0. The maximum absolute atomic E-state index is 13.5. The molecule has 5 heteroatoms. The zero-order chi connectivity index (χ0) is 19.7. The lowest BCUT2D eigenvalue weighted by Gasteiger charge is -2.40. The van der Waals surface area contributed by atoms with Crippen molar-refractivity contribution >= 4 is 5.91 Å². The van der Waals surface area contributed by atoms with Crippen LogP contribution in [0, 0.1) is 13.8 Å². The second-order valence-corrected chi connectivity index (χ2v) is 7.64. The first kappa shape index (κ1) is 18.6. The molecule has 0 N–H and O–H groups in total. The van der Waals surface area contributed by atoms with Gasteiger partial charge < -0.3 is 18.8 Å². The number of nitrogens with zero attached hydrogens (tertiary/aromatic N) is 3. The summed E-state index contributed by atoms with van der Waals surface area (Å²) >= 11 is 0. The van der Waals surface area contributed by atoms with Crippen molar-refractivity contribution < 1.29 is 9.21 Å². The fourth-order valence-corrected chi connectivity index (χ4v) is 4.10. The summed E-state index contributed by atoms with van der Waals surface area (Å²) in [7, 11) is 2.12. The van der Waals surface area contributed by atoms with Crippen LogP contribution in [0.5, 0.6) is 0 Å². The molecule has 1 atom stereocenters. The van der Waals surface area contributed by atoms with Crippen molar-refractivity contribution in [3.8, 4) is 0 Å². The molecule has 0 spiro atoms. The normalized spacial score (nSPS) is 17.8. The van der Waals surface area contributed by atoms with Crippen LogP contribution in [0.1, 0.15) is 39.1 Å². The molecule has 2 aromatic heterocycles. The minimum atomic E-state index is 0.0700. The first-order valence-corrected chi connectivity index (χ1v) is 9.78. The summed E-state index contributed by atoms with van der Waals surface area (Å²) in [5.74, 6) is 1.00. The SMILES string of the molecule is Cc1cc(C(=O)N2CCN(C)CC2c2ccccc2)c(C)n1Cc1ccco1. The Morgan fingerprint density at radius 1 is 1.11 bits per heavy atom. The molecule has 0 aliphatic carbocycles. The highest BCUT2D eigenvalue weighted by Gasteiger charge is 2.32. The molecule has 0 radical (unpaired) electrons. The van der Waals surface area contributed by atoms with Crippen molar-refractivity contribution in [1.29, 1.82) is 0 Å². The van der Waals surface area contributed by atoms with Gasteiger partial charge in [-0.1, -0.05) is 30.3 Å². The van der Waals surface area contributed by atoms with Crippen molar-refractivity contribution in [3.63, 3.8) is 0 Å². The molecule has 5 nitrogen and oxygen atoms in total. The van der Waals surface area contributed by atoms with Crippen LogP contribution in [0.25, 0.3) is 0 Å². The third-order valence-corrected chi connectivity index (χ3v) is 5.73. The maximum Gasteiger partial charge on any atom is 0.256 e. The van der Waals surface area contributed by atoms with Gasteiger partial charge in [-0.2, -0.15) is 0 Å². The van der Waals surface area contributed by atoms with Gasteiger partial charge in [0.2, 0.25) is 0 Å². The zero-order valence-corrected chi connectivity index (χ0v) is 16.8. The minimum Gasteiger partial charge on any atom is -0.467 e. The van der Waals surface area contributed by atoms with Gasteiger partial charge in [0.1, 0.15) is 5.76 Å². The number of aromatic nitrogens is 1. The van der Waals surface area contributed by atoms with Crippen LogP contribution in [0.15, 0.2) is 59.2 Å². The lowest BCUT2D eigenvalue weighted by molar-refractivity contribution is 0.0497. The highest BCUT2D eigenvalue weighted by Crippen LogP contribution is 2.28. The van der Waals surface area contributed by atoms with E-state index in [1.54, 1.807) is 6.26 Å². The average Bonchev–Trinajstić information content (AvgIpc) is 3.32. The Morgan fingerprint density at radius 2 is 1.89 bits per heavy atom. The predicted octanol–water partition coefficient (Wildman–Crippen LogP) is 3.88. The second-order valence-electron chi connectivity index (χ2n) is 7.64. The summed E-state index contributed by atoms with van der Waals surface area (Å²) in [5.41, 5.74) is 4.04. The van der Waals surface area contributed by atoms with E-state index >= 15 is 0 Å². The molecule has 3 heterocycles. The molecule has 1 aliphatic rings. The third kappa shape index (κ3) is 3.50. The maximum atomic E-state index is 13.5. The molecule has 3 aromatic rings. The highest BCUT2D eigenvalue weighted by atomic mass is 16.3. The van der Waals surface area contributed by atoms with E-state index in [1.165, 1.54) is 5.56 Å². The van der Waals surface area contributed by atoms with Gasteiger partial charge in [-0.15, -0.1) is 0 Å². The Labute approximate surface area is 166 Å². The fraction of sp³-hybridized carbons (Fsp3) is 0.348. The molecule has 1 unspecified atom stereocenters. The molecular formula is C23H27N3O2. The molecule has 1 aliphatic heterocycles. The van der Waals surface area contributed by atoms with Crippen LogP contribution in [-0.2, 0) is 6.54 Å². The summed E-state index contributed by atoms with van der Waals surface area (Å²) in [6.07, 6.45) is 1.68. The largest absolute Gasteiger partial charge is 0.467 e. The zero-order valence-electron chi connectivity index (χ0n) is 16.8. The Hall–Kier alpha value is -2.79. The minimum absolute atomic E-state index is 0.0700. The Kier molecular flexibility index (Phi) is 5.09. The van der Waals surface area contributed by atoms with Crippen molar-refractivity contribution in [2.45, 2.75) is 26.4 Å². The lowest BCUT2D eigenvalue weighted by Crippen LogP contribution is -2.49. The van der Waals surface area contributed by atoms with Crippen LogP contribution in [0.2, 0.25) is 0 Å². The topological polar surface area (TPSA) is 41.6 Å². The van der Waals surface area contributed by atoms with Crippen LogP contribution in [0.3, 0.4) is 0 Å². The van der Waals surface area contributed by atoms with E-state index in [1.807, 2.05) is 55.1 Å². The molecule has 146 valence electrons. The second kappa shape index (κ2) is 7.68. The first-order chi connectivity index (χ1) is 13.5. The van der Waals surface area contributed by atoms with Gasteiger partial charge in [-0.3, -0.25) is 4.79 Å². The molecule has 0 saturated carbocycles. The van der Waals surface area contributed by atoms with Gasteiger partial charge in [0.05, 0.1) is 24.4 Å². The number of hydrogen-bond donors (Lipinski definition) is 0. The van der Waals surface area contributed by atoms with Crippen LogP contribution in [0.4, 0.5) is 0 Å². The molecular weight excluding hydrogens is 350 g/mol. The number of aryl methyl sites for hydroxylation is 1. The van der Waals surface area contributed by atoms with Crippen molar-refractivity contribution in [2.24, 2.45) is 0 Å². The molecule has 1 fully saturated rings. The van der Waals surface area contributed by atoms with E-state index in [9.17, 15) is 4.79 Å². The number of hydrogen-bond acceptors (Lipinski definition) is 3. The predicted molar refractivity (Wildman–Crippen MR) is 109 cm³/mol. The Morgan fingerprint density at radius 3 is 2.61 bits per heavy atom. The number of likely N-dealkylation sites (N-methyl/N-ethyl adjacent to an activating group) is 1. The summed E-state index contributed by atoms with van der Waals surface area (Å²) in [4.78, 5) is 17.9. The van der Waals surface area contributed by atoms with Gasteiger partial charge in [0.15, 0.2) is 0 Å². The van der Waals surface area contributed by atoms with Crippen molar-refractivity contribution in [2.75, 3.05) is 26.7 Å². The fourth-order valence-electron chi connectivity index (χ4n) is 4.10. The highest BCUT2D eigenvalue weighted by molar-refractivity contribution is 5.96. The Balaban J connectivity index is 1.64. The van der Waals surface area contributed by atoms with Crippen LogP contribution < -0.4 is 0 Å². The summed E-state index contributed by atoms with van der Waals surface area (Å²) in [6, 6.07) is 16.3. The average molecular weight is 377 g/mol. The summed E-state index contributed by atoms with van der Waals surface area (Å²) in [6.45, 7) is 7.18. The van der Waals surface area contributed by atoms with Gasteiger partial charge in [0.25, 0.3) is 5.91 Å². The lowest BCUT2D eigenvalue weighted by atomic mass is 10.0. The molecule has 4 rings (SSSR count). The quantitative estimate of drug-likeness (QED) is 0.693. The number of benzene rings is 1. The molecule has 0 bridgehead atoms. The van der Waals surface area contributed by atoms with Crippen LogP contribution >= 0.6 is 0 Å². The number of carbonyl (C=O) groups is 1. The van der Waals surface area contributed by atoms with E-state index in [0.717, 1.165) is 42.3 Å². The van der Waals surface area contributed by atoms with Gasteiger partial charge in [-0.05, 0) is 44.7 Å². The van der Waals surface area contributed by atoms with Gasteiger partial charge in [0, 0.05) is 31.0 Å². The molecule has 1 aromatic carbocycles. The van der Waals surface area contributed by atoms with E-state index < -0.39 is 0 Å². The Bertz CT molecular complexity index is 944. The van der Waals surface area contributed by atoms with Crippen LogP contribution in [-0.4, -0.2) is 47.0 Å².